The van der Waals surface area contributed by atoms with Crippen molar-refractivity contribution in [2.75, 3.05) is 0 Å². The second-order valence-corrected chi connectivity index (χ2v) is 8.92. The second kappa shape index (κ2) is 6.69. The number of aryl methyl sites for hydroxylation is 1. The van der Waals surface area contributed by atoms with Crippen molar-refractivity contribution in [1.82, 2.24) is 0 Å². The maximum atomic E-state index is 3.87. The van der Waals surface area contributed by atoms with Gasteiger partial charge in [0.05, 0.1) is 10.2 Å². The van der Waals surface area contributed by atoms with Crippen LogP contribution in [-0.4, -0.2) is 19.0 Å². The van der Waals surface area contributed by atoms with E-state index in [1.165, 1.54) is 37.4 Å². The molecule has 3 aromatic carbocycles. The Kier molecular flexibility index (Phi) is 4.64. The van der Waals surface area contributed by atoms with Gasteiger partial charge in [-0.1, -0.05) is 87.9 Å². The maximum absolute atomic E-state index is 3.87. The van der Waals surface area contributed by atoms with Crippen LogP contribution < -0.4 is 20.7 Å². The molecule has 0 bridgehead atoms. The molecule has 112 valence electrons. The number of hydrogen-bond donors (Lipinski definition) is 0. The van der Waals surface area contributed by atoms with Crippen LogP contribution in [0.3, 0.4) is 0 Å². The number of hydrogen-bond acceptors (Lipinski definition) is 0. The molecule has 0 N–H and O–H groups in total. The maximum Gasteiger partial charge on any atom is 0.154 e. The molecule has 0 aliphatic carbocycles. The Hall–Kier alpha value is -1.91. The van der Waals surface area contributed by atoms with Gasteiger partial charge in [-0.15, -0.1) is 0 Å². The first kappa shape index (κ1) is 16.0. The van der Waals surface area contributed by atoms with Gasteiger partial charge in [0.25, 0.3) is 0 Å². The molecule has 0 aliphatic rings. The molecule has 4 radical (unpaired) electrons. The quantitative estimate of drug-likeness (QED) is 0.509. The van der Waals surface area contributed by atoms with Crippen molar-refractivity contribution in [3.05, 3.63) is 83.4 Å². The van der Waals surface area contributed by atoms with Crippen molar-refractivity contribution < 1.29 is 0 Å². The Morgan fingerprint density at radius 1 is 0.696 bits per heavy atom. The van der Waals surface area contributed by atoms with Gasteiger partial charge in [-0.2, -0.15) is 0 Å². The predicted octanol–water partition coefficient (Wildman–Crippen LogP) is 1.92. The molecule has 3 rings (SSSR count). The minimum absolute atomic E-state index is 0.999. The highest BCUT2D eigenvalue weighted by molar-refractivity contribution is 6.96. The van der Waals surface area contributed by atoms with E-state index in [9.17, 15) is 0 Å². The zero-order chi connectivity index (χ0) is 16.4. The van der Waals surface area contributed by atoms with Crippen LogP contribution in [0.4, 0.5) is 0 Å². The Labute approximate surface area is 144 Å². The zero-order valence-electron chi connectivity index (χ0n) is 13.9. The van der Waals surface area contributed by atoms with Crippen molar-refractivity contribution in [1.29, 1.82) is 0 Å². The minimum Gasteiger partial charge on any atom is -0.0624 e. The van der Waals surface area contributed by atoms with Crippen LogP contribution in [0.5, 0.6) is 0 Å². The molecule has 3 aromatic rings. The molecule has 0 aliphatic heterocycles. The third kappa shape index (κ3) is 3.10. The lowest BCUT2D eigenvalue weighted by molar-refractivity contribution is 1.35. The number of benzene rings is 3. The van der Waals surface area contributed by atoms with E-state index in [-0.39, 0.29) is 0 Å². The lowest BCUT2D eigenvalue weighted by Crippen LogP contribution is -2.54. The van der Waals surface area contributed by atoms with E-state index in [2.05, 4.69) is 97.7 Å². The zero-order valence-corrected chi connectivity index (χ0v) is 15.9. The molecule has 0 saturated carbocycles. The van der Waals surface area contributed by atoms with Crippen molar-refractivity contribution in [3.63, 3.8) is 0 Å². The van der Waals surface area contributed by atoms with E-state index in [1.54, 1.807) is 0 Å². The summed E-state index contributed by atoms with van der Waals surface area (Å²) in [4.78, 5) is 0. The van der Waals surface area contributed by atoms with Gasteiger partial charge in [0, 0.05) is 0 Å². The minimum atomic E-state index is -0.999. The highest BCUT2D eigenvalue weighted by atomic mass is 28.3. The summed E-state index contributed by atoms with van der Waals surface area (Å²) in [7, 11) is 2.87. The molecular formula is C21H20Si2. The fourth-order valence-corrected chi connectivity index (χ4v) is 6.32. The first-order chi connectivity index (χ1) is 11.1. The summed E-state index contributed by atoms with van der Waals surface area (Å²) in [6.45, 7) is 6.63. The van der Waals surface area contributed by atoms with Crippen LogP contribution in [0.1, 0.15) is 16.7 Å². The molecule has 0 fully saturated rings. The predicted molar refractivity (Wildman–Crippen MR) is 104 cm³/mol. The third-order valence-electron chi connectivity index (χ3n) is 4.50. The van der Waals surface area contributed by atoms with E-state index in [0.29, 0.717) is 0 Å². The van der Waals surface area contributed by atoms with Gasteiger partial charge < -0.3 is 0 Å². The fraction of sp³-hybridized carbons (Fsp3) is 0.143. The Bertz CT molecular complexity index is 769. The van der Waals surface area contributed by atoms with Crippen molar-refractivity contribution in [2.45, 2.75) is 20.8 Å². The van der Waals surface area contributed by atoms with Gasteiger partial charge in [0.1, 0.15) is 0 Å². The molecule has 2 heteroatoms. The summed E-state index contributed by atoms with van der Waals surface area (Å²) in [5, 5.41) is 5.58. The lowest BCUT2D eigenvalue weighted by atomic mass is 10.1. The topological polar surface area (TPSA) is 0 Å². The van der Waals surface area contributed by atoms with E-state index in [0.717, 1.165) is 0 Å². The molecule has 23 heavy (non-hydrogen) atoms. The average molecular weight is 329 g/mol. The summed E-state index contributed by atoms with van der Waals surface area (Å²) < 4.78 is 0. The summed E-state index contributed by atoms with van der Waals surface area (Å²) in [5.41, 5.74) is 4.06. The van der Waals surface area contributed by atoms with Crippen molar-refractivity contribution >= 4 is 39.8 Å². The third-order valence-corrected chi connectivity index (χ3v) is 8.13. The SMILES string of the molecule is Cc1cc([Si](c2ccccc2)c2ccccc2)c(C)c([Si])c1C. The standard InChI is InChI=1S/C21H20Si2/c1-15-14-20(17(3)21(22)16(15)2)23(18-10-6-4-7-11-18)19-12-8-5-9-13-19/h4-14H,1-3H3. The largest absolute Gasteiger partial charge is 0.154 e. The Morgan fingerprint density at radius 3 is 1.65 bits per heavy atom. The van der Waals surface area contributed by atoms with Gasteiger partial charge in [-0.3, -0.25) is 0 Å². The van der Waals surface area contributed by atoms with Crippen LogP contribution in [-0.2, 0) is 0 Å². The molecule has 0 saturated heterocycles. The molecule has 0 amide bonds. The van der Waals surface area contributed by atoms with E-state index in [1.807, 2.05) is 0 Å². The molecule has 0 unspecified atom stereocenters. The summed E-state index contributed by atoms with van der Waals surface area (Å²) >= 11 is 0. The van der Waals surface area contributed by atoms with Gasteiger partial charge in [-0.25, -0.2) is 0 Å². The van der Waals surface area contributed by atoms with Gasteiger partial charge in [0.15, 0.2) is 8.80 Å². The summed E-state index contributed by atoms with van der Waals surface area (Å²) in [5.74, 6) is 0. The molecule has 0 spiro atoms. The molecule has 0 aromatic heterocycles. The summed E-state index contributed by atoms with van der Waals surface area (Å²) in [6, 6.07) is 24.2. The van der Waals surface area contributed by atoms with Gasteiger partial charge >= 0.3 is 0 Å². The van der Waals surface area contributed by atoms with Crippen LogP contribution in [0, 0.1) is 20.8 Å². The highest BCUT2D eigenvalue weighted by Gasteiger charge is 2.22. The van der Waals surface area contributed by atoms with Crippen LogP contribution in [0.2, 0.25) is 0 Å². The summed E-state index contributed by atoms with van der Waals surface area (Å²) in [6.07, 6.45) is 0. The fourth-order valence-electron chi connectivity index (χ4n) is 2.99. The first-order valence-electron chi connectivity index (χ1n) is 7.90. The average Bonchev–Trinajstić information content (AvgIpc) is 2.60. The molecular weight excluding hydrogens is 308 g/mol. The monoisotopic (exact) mass is 328 g/mol. The second-order valence-electron chi connectivity index (χ2n) is 5.97. The van der Waals surface area contributed by atoms with Crippen molar-refractivity contribution in [2.24, 2.45) is 0 Å². The van der Waals surface area contributed by atoms with Crippen LogP contribution in [0.15, 0.2) is 66.7 Å². The smallest absolute Gasteiger partial charge is 0.0624 e. The van der Waals surface area contributed by atoms with E-state index < -0.39 is 8.80 Å². The Balaban J connectivity index is 2.26. The van der Waals surface area contributed by atoms with Gasteiger partial charge in [0.2, 0.25) is 0 Å². The highest BCUT2D eigenvalue weighted by Crippen LogP contribution is 2.06. The molecule has 0 heterocycles. The van der Waals surface area contributed by atoms with Crippen molar-refractivity contribution in [3.8, 4) is 0 Å². The van der Waals surface area contributed by atoms with E-state index >= 15 is 0 Å². The Morgan fingerprint density at radius 2 is 1.17 bits per heavy atom. The van der Waals surface area contributed by atoms with Crippen LogP contribution >= 0.6 is 0 Å². The molecule has 0 nitrogen and oxygen atoms in total. The van der Waals surface area contributed by atoms with Gasteiger partial charge in [-0.05, 0) is 37.1 Å². The number of rotatable bonds is 3. The molecule has 0 atom stereocenters. The normalized spacial score (nSPS) is 11.0. The lowest BCUT2D eigenvalue weighted by Gasteiger charge is -2.22. The van der Waals surface area contributed by atoms with Crippen LogP contribution in [0.25, 0.3) is 0 Å². The first-order valence-corrected chi connectivity index (χ1v) is 9.90. The van der Waals surface area contributed by atoms with E-state index in [4.69, 9.17) is 0 Å².